The highest BCUT2D eigenvalue weighted by atomic mass is 35.5. The third-order valence-corrected chi connectivity index (χ3v) is 3.09. The van der Waals surface area contributed by atoms with Crippen molar-refractivity contribution >= 4 is 22.6 Å². The van der Waals surface area contributed by atoms with E-state index in [-0.39, 0.29) is 13.0 Å². The Kier molecular flexibility index (Phi) is 5.10. The van der Waals surface area contributed by atoms with Crippen LogP contribution in [0, 0.1) is 0 Å². The molecule has 21 heavy (non-hydrogen) atoms. The Morgan fingerprint density at radius 3 is 2.76 bits per heavy atom. The average molecular weight is 323 g/mol. The highest BCUT2D eigenvalue weighted by Crippen LogP contribution is 2.27. The Balaban J connectivity index is 1.99. The molecule has 8 heteroatoms. The molecule has 0 fully saturated rings. The number of halogens is 4. The number of hydrazine groups is 1. The molecule has 0 aliphatic rings. The maximum absolute atomic E-state index is 12.0. The summed E-state index contributed by atoms with van der Waals surface area (Å²) in [5.41, 5.74) is 3.13. The van der Waals surface area contributed by atoms with Crippen LogP contribution in [-0.2, 0) is 4.74 Å². The third kappa shape index (κ3) is 4.60. The molecule has 1 aromatic heterocycles. The average Bonchev–Trinajstić information content (AvgIpc) is 2.80. The fraction of sp³-hybridized carbons (Fsp3) is 0.385. The van der Waals surface area contributed by atoms with Gasteiger partial charge in [0.15, 0.2) is 0 Å². The zero-order valence-corrected chi connectivity index (χ0v) is 11.7. The van der Waals surface area contributed by atoms with Crippen LogP contribution in [0.5, 0.6) is 0 Å². The van der Waals surface area contributed by atoms with E-state index in [2.05, 4.69) is 10.2 Å². The molecule has 4 nitrogen and oxygen atoms in total. The molecule has 0 bridgehead atoms. The van der Waals surface area contributed by atoms with Crippen LogP contribution in [-0.4, -0.2) is 19.4 Å². The lowest BCUT2D eigenvalue weighted by atomic mass is 10.1. The molecule has 0 amide bonds. The molecular weight excluding hydrogens is 309 g/mol. The Morgan fingerprint density at radius 1 is 1.33 bits per heavy atom. The first-order valence-electron chi connectivity index (χ1n) is 6.18. The molecule has 0 aliphatic heterocycles. The molecule has 0 spiro atoms. The van der Waals surface area contributed by atoms with Gasteiger partial charge in [-0.25, -0.2) is 5.43 Å². The highest BCUT2D eigenvalue weighted by molar-refractivity contribution is 6.31. The Hall–Kier alpha value is -1.28. The van der Waals surface area contributed by atoms with Gasteiger partial charge < -0.3 is 9.15 Å². The molecular formula is C13H14ClF3N2O2. The maximum Gasteiger partial charge on any atom is 0.411 e. The van der Waals surface area contributed by atoms with Crippen molar-refractivity contribution in [2.75, 3.05) is 13.2 Å². The van der Waals surface area contributed by atoms with E-state index in [1.807, 2.05) is 0 Å². The summed E-state index contributed by atoms with van der Waals surface area (Å²) in [6.45, 7) is -1.37. The van der Waals surface area contributed by atoms with Crippen molar-refractivity contribution < 1.29 is 22.3 Å². The van der Waals surface area contributed by atoms with Crippen LogP contribution >= 0.6 is 11.6 Å². The van der Waals surface area contributed by atoms with Crippen LogP contribution in [0.2, 0.25) is 5.02 Å². The van der Waals surface area contributed by atoms with Crippen molar-refractivity contribution in [3.8, 4) is 0 Å². The van der Waals surface area contributed by atoms with Crippen molar-refractivity contribution in [1.82, 2.24) is 5.43 Å². The first kappa shape index (κ1) is 16.1. The minimum atomic E-state index is -4.33. The SMILES string of the molecule is NNC(CCOCC(F)(F)F)c1cc2cc(Cl)ccc2o1. The number of alkyl halides is 3. The summed E-state index contributed by atoms with van der Waals surface area (Å²) < 4.78 is 46.1. The predicted molar refractivity (Wildman–Crippen MR) is 72.8 cm³/mol. The van der Waals surface area contributed by atoms with Crippen molar-refractivity contribution in [1.29, 1.82) is 0 Å². The monoisotopic (exact) mass is 322 g/mol. The summed E-state index contributed by atoms with van der Waals surface area (Å²) in [4.78, 5) is 0. The van der Waals surface area contributed by atoms with Gasteiger partial charge in [0.2, 0.25) is 0 Å². The van der Waals surface area contributed by atoms with E-state index in [1.54, 1.807) is 24.3 Å². The number of fused-ring (bicyclic) bond motifs is 1. The van der Waals surface area contributed by atoms with Crippen molar-refractivity contribution in [2.24, 2.45) is 5.84 Å². The number of rotatable bonds is 6. The van der Waals surface area contributed by atoms with E-state index in [0.717, 1.165) is 5.39 Å². The normalized spacial score (nSPS) is 13.8. The van der Waals surface area contributed by atoms with Gasteiger partial charge in [-0.3, -0.25) is 5.84 Å². The topological polar surface area (TPSA) is 60.4 Å². The number of nitrogens with two attached hydrogens (primary N) is 1. The fourth-order valence-electron chi connectivity index (χ4n) is 1.90. The van der Waals surface area contributed by atoms with Crippen molar-refractivity contribution in [2.45, 2.75) is 18.6 Å². The molecule has 1 heterocycles. The molecule has 3 N–H and O–H groups in total. The molecule has 0 saturated heterocycles. The first-order chi connectivity index (χ1) is 9.89. The Morgan fingerprint density at radius 2 is 2.10 bits per heavy atom. The summed E-state index contributed by atoms with van der Waals surface area (Å²) in [6.07, 6.45) is -4.08. The lowest BCUT2D eigenvalue weighted by Crippen LogP contribution is -2.29. The van der Waals surface area contributed by atoms with Gasteiger partial charge in [-0.2, -0.15) is 13.2 Å². The standard InChI is InChI=1S/C13H14ClF3N2O2/c14-9-1-2-11-8(5-9)6-12(21-11)10(19-18)3-4-20-7-13(15,16)17/h1-2,5-6,10,19H,3-4,7,18H2. The molecule has 116 valence electrons. The van der Waals surface area contributed by atoms with E-state index >= 15 is 0 Å². The van der Waals surface area contributed by atoms with E-state index in [4.69, 9.17) is 21.9 Å². The highest BCUT2D eigenvalue weighted by Gasteiger charge is 2.27. The summed E-state index contributed by atoms with van der Waals surface area (Å²) >= 11 is 5.88. The van der Waals surface area contributed by atoms with Gasteiger partial charge in [0.1, 0.15) is 18.0 Å². The second-order valence-corrected chi connectivity index (χ2v) is 4.94. The number of benzene rings is 1. The zero-order chi connectivity index (χ0) is 15.5. The molecule has 2 rings (SSSR count). The smallest absolute Gasteiger partial charge is 0.411 e. The van der Waals surface area contributed by atoms with Gasteiger partial charge in [-0.05, 0) is 30.7 Å². The van der Waals surface area contributed by atoms with Crippen LogP contribution < -0.4 is 11.3 Å². The molecule has 1 unspecified atom stereocenters. The summed E-state index contributed by atoms with van der Waals surface area (Å²) in [5.74, 6) is 5.93. The molecule has 2 aromatic rings. The van der Waals surface area contributed by atoms with Gasteiger partial charge >= 0.3 is 6.18 Å². The van der Waals surface area contributed by atoms with Crippen LogP contribution in [0.25, 0.3) is 11.0 Å². The van der Waals surface area contributed by atoms with E-state index in [0.29, 0.717) is 16.4 Å². The minimum Gasteiger partial charge on any atom is -0.459 e. The molecule has 1 atom stereocenters. The number of furan rings is 1. The van der Waals surface area contributed by atoms with Gasteiger partial charge in [0.05, 0.1) is 6.04 Å². The van der Waals surface area contributed by atoms with Crippen LogP contribution in [0.4, 0.5) is 13.2 Å². The van der Waals surface area contributed by atoms with E-state index < -0.39 is 18.8 Å². The first-order valence-corrected chi connectivity index (χ1v) is 6.56. The Bertz CT molecular complexity index is 601. The Labute approximate surface area is 124 Å². The molecule has 0 saturated carbocycles. The summed E-state index contributed by atoms with van der Waals surface area (Å²) in [5, 5.41) is 1.37. The minimum absolute atomic E-state index is 0.0911. The maximum atomic E-state index is 12.0. The van der Waals surface area contributed by atoms with Gasteiger partial charge in [-0.15, -0.1) is 0 Å². The van der Waals surface area contributed by atoms with Gasteiger partial charge in [0.25, 0.3) is 0 Å². The fourth-order valence-corrected chi connectivity index (χ4v) is 2.08. The summed E-state index contributed by atoms with van der Waals surface area (Å²) in [7, 11) is 0. The van der Waals surface area contributed by atoms with Gasteiger partial charge in [0, 0.05) is 17.0 Å². The lowest BCUT2D eigenvalue weighted by Gasteiger charge is -2.13. The largest absolute Gasteiger partial charge is 0.459 e. The number of ether oxygens (including phenoxy) is 1. The lowest BCUT2D eigenvalue weighted by molar-refractivity contribution is -0.174. The predicted octanol–water partition coefficient (Wildman–Crippen LogP) is 3.56. The second-order valence-electron chi connectivity index (χ2n) is 4.51. The number of hydrogen-bond donors (Lipinski definition) is 2. The second kappa shape index (κ2) is 6.65. The van der Waals surface area contributed by atoms with E-state index in [9.17, 15) is 13.2 Å². The van der Waals surface area contributed by atoms with Crippen LogP contribution in [0.3, 0.4) is 0 Å². The van der Waals surface area contributed by atoms with Crippen molar-refractivity contribution in [3.63, 3.8) is 0 Å². The number of hydrogen-bond acceptors (Lipinski definition) is 4. The van der Waals surface area contributed by atoms with E-state index in [1.165, 1.54) is 0 Å². The summed E-state index contributed by atoms with van der Waals surface area (Å²) in [6, 6.07) is 6.45. The molecule has 0 radical (unpaired) electrons. The quantitative estimate of drug-likeness (QED) is 0.485. The third-order valence-electron chi connectivity index (χ3n) is 2.86. The van der Waals surface area contributed by atoms with Gasteiger partial charge in [-0.1, -0.05) is 11.6 Å². The zero-order valence-electron chi connectivity index (χ0n) is 10.9. The van der Waals surface area contributed by atoms with Crippen molar-refractivity contribution in [3.05, 3.63) is 35.0 Å². The molecule has 0 aliphatic carbocycles. The number of nitrogens with one attached hydrogen (secondary N) is 1. The van der Waals surface area contributed by atoms with Crippen LogP contribution in [0.15, 0.2) is 28.7 Å². The molecule has 1 aromatic carbocycles. The van der Waals surface area contributed by atoms with Crippen LogP contribution in [0.1, 0.15) is 18.2 Å².